The molecule has 1 aromatic rings. The quantitative estimate of drug-likeness (QED) is 0.816. The van der Waals surface area contributed by atoms with Crippen LogP contribution in [0.15, 0.2) is 28.7 Å². The van der Waals surface area contributed by atoms with Gasteiger partial charge >= 0.3 is 5.97 Å². The first kappa shape index (κ1) is 16.5. The van der Waals surface area contributed by atoms with E-state index >= 15 is 0 Å². The number of nitrogens with one attached hydrogen (secondary N) is 1. The van der Waals surface area contributed by atoms with Gasteiger partial charge < -0.3 is 10.4 Å². The summed E-state index contributed by atoms with van der Waals surface area (Å²) in [6.07, 6.45) is 4.77. The van der Waals surface area contributed by atoms with Crippen LogP contribution in [0.3, 0.4) is 0 Å². The molecule has 1 atom stereocenters. The molecule has 3 nitrogen and oxygen atoms in total. The van der Waals surface area contributed by atoms with E-state index in [0.717, 1.165) is 43.1 Å². The SMILES string of the molecule is CC(Cc1ccc(Br)cc1)NCC1CCC(C(=O)O)CC1. The molecule has 21 heavy (non-hydrogen) atoms. The first-order valence-electron chi connectivity index (χ1n) is 7.75. The van der Waals surface area contributed by atoms with E-state index in [0.29, 0.717) is 12.0 Å². The zero-order valence-electron chi connectivity index (χ0n) is 12.5. The lowest BCUT2D eigenvalue weighted by Gasteiger charge is -2.27. The molecule has 0 radical (unpaired) electrons. The van der Waals surface area contributed by atoms with Crippen LogP contribution in [0.2, 0.25) is 0 Å². The summed E-state index contributed by atoms with van der Waals surface area (Å²) in [5.74, 6) is -0.0978. The standard InChI is InChI=1S/C17H24BrNO2/c1-12(10-13-4-8-16(18)9-5-13)19-11-14-2-6-15(7-3-14)17(20)21/h4-5,8-9,12,14-15,19H,2-3,6-7,10-11H2,1H3,(H,20,21). The van der Waals surface area contributed by atoms with E-state index in [9.17, 15) is 4.79 Å². The number of carboxylic acid groups (broad SMARTS) is 1. The molecule has 1 aliphatic rings. The van der Waals surface area contributed by atoms with Crippen LogP contribution in [0.5, 0.6) is 0 Å². The minimum atomic E-state index is -0.620. The summed E-state index contributed by atoms with van der Waals surface area (Å²) >= 11 is 3.45. The first-order valence-corrected chi connectivity index (χ1v) is 8.54. The van der Waals surface area contributed by atoms with Crippen LogP contribution >= 0.6 is 15.9 Å². The lowest BCUT2D eigenvalue weighted by molar-refractivity contribution is -0.143. The molecule has 1 unspecified atom stereocenters. The van der Waals surface area contributed by atoms with Crippen molar-refractivity contribution >= 4 is 21.9 Å². The van der Waals surface area contributed by atoms with Crippen molar-refractivity contribution in [2.75, 3.05) is 6.54 Å². The second-order valence-corrected chi connectivity index (χ2v) is 7.11. The fourth-order valence-electron chi connectivity index (χ4n) is 3.03. The second-order valence-electron chi connectivity index (χ2n) is 6.20. The van der Waals surface area contributed by atoms with E-state index in [1.54, 1.807) is 0 Å². The number of hydrogen-bond donors (Lipinski definition) is 2. The molecule has 2 rings (SSSR count). The lowest BCUT2D eigenvalue weighted by atomic mass is 9.82. The number of carbonyl (C=O) groups is 1. The van der Waals surface area contributed by atoms with Crippen LogP contribution in [-0.2, 0) is 11.2 Å². The zero-order valence-corrected chi connectivity index (χ0v) is 14.1. The van der Waals surface area contributed by atoms with Gasteiger partial charge in [0.2, 0.25) is 0 Å². The van der Waals surface area contributed by atoms with Crippen molar-refractivity contribution in [1.29, 1.82) is 0 Å². The second kappa shape index (κ2) is 7.95. The Hall–Kier alpha value is -0.870. The van der Waals surface area contributed by atoms with Gasteiger partial charge in [-0.15, -0.1) is 0 Å². The Morgan fingerprint density at radius 2 is 1.90 bits per heavy atom. The Labute approximate surface area is 135 Å². The maximum atomic E-state index is 10.9. The maximum Gasteiger partial charge on any atom is 0.306 e. The van der Waals surface area contributed by atoms with E-state index in [1.165, 1.54) is 5.56 Å². The van der Waals surface area contributed by atoms with Gasteiger partial charge in [0.15, 0.2) is 0 Å². The van der Waals surface area contributed by atoms with E-state index < -0.39 is 5.97 Å². The lowest BCUT2D eigenvalue weighted by Crippen LogP contribution is -2.34. The average molecular weight is 354 g/mol. The molecule has 0 saturated heterocycles. The van der Waals surface area contributed by atoms with E-state index in [2.05, 4.69) is 52.4 Å². The van der Waals surface area contributed by atoms with E-state index in [-0.39, 0.29) is 5.92 Å². The van der Waals surface area contributed by atoms with Crippen LogP contribution in [0.1, 0.15) is 38.2 Å². The molecule has 1 saturated carbocycles. The van der Waals surface area contributed by atoms with Crippen molar-refractivity contribution in [1.82, 2.24) is 5.32 Å². The van der Waals surface area contributed by atoms with Crippen molar-refractivity contribution in [3.05, 3.63) is 34.3 Å². The van der Waals surface area contributed by atoms with Gasteiger partial charge in [-0.05, 0) is 69.2 Å². The molecule has 0 bridgehead atoms. The van der Waals surface area contributed by atoms with Crippen molar-refractivity contribution in [3.63, 3.8) is 0 Å². The Kier molecular flexibility index (Phi) is 6.24. The molecule has 1 aliphatic carbocycles. The van der Waals surface area contributed by atoms with Gasteiger partial charge in [-0.3, -0.25) is 4.79 Å². The fraction of sp³-hybridized carbons (Fsp3) is 0.588. The van der Waals surface area contributed by atoms with Crippen LogP contribution < -0.4 is 5.32 Å². The topological polar surface area (TPSA) is 49.3 Å². The van der Waals surface area contributed by atoms with Crippen molar-refractivity contribution < 1.29 is 9.90 Å². The summed E-state index contributed by atoms with van der Waals surface area (Å²) in [5.41, 5.74) is 1.34. The third-order valence-corrected chi connectivity index (χ3v) is 4.93. The Balaban J connectivity index is 1.68. The van der Waals surface area contributed by atoms with Gasteiger partial charge in [0.25, 0.3) is 0 Å². The predicted molar refractivity (Wildman–Crippen MR) is 88.4 cm³/mol. The third-order valence-electron chi connectivity index (χ3n) is 4.41. The summed E-state index contributed by atoms with van der Waals surface area (Å²) in [6, 6.07) is 8.91. The number of halogens is 1. The monoisotopic (exact) mass is 353 g/mol. The smallest absolute Gasteiger partial charge is 0.306 e. The number of carboxylic acids is 1. The maximum absolute atomic E-state index is 10.9. The van der Waals surface area contributed by atoms with Gasteiger partial charge in [-0.1, -0.05) is 28.1 Å². The largest absolute Gasteiger partial charge is 0.481 e. The van der Waals surface area contributed by atoms with Gasteiger partial charge in [0, 0.05) is 10.5 Å². The molecule has 0 aromatic heterocycles. The van der Waals surface area contributed by atoms with Gasteiger partial charge in [-0.2, -0.15) is 0 Å². The van der Waals surface area contributed by atoms with Gasteiger partial charge in [0.05, 0.1) is 5.92 Å². The third kappa shape index (κ3) is 5.44. The molecular weight excluding hydrogens is 330 g/mol. The molecule has 4 heteroatoms. The number of hydrogen-bond acceptors (Lipinski definition) is 2. The van der Waals surface area contributed by atoms with Crippen molar-refractivity contribution in [2.24, 2.45) is 11.8 Å². The molecule has 0 heterocycles. The summed E-state index contributed by atoms with van der Waals surface area (Å²) in [5, 5.41) is 12.6. The van der Waals surface area contributed by atoms with Gasteiger partial charge in [-0.25, -0.2) is 0 Å². The number of benzene rings is 1. The Morgan fingerprint density at radius 3 is 2.48 bits per heavy atom. The summed E-state index contributed by atoms with van der Waals surface area (Å²) in [4.78, 5) is 10.9. The zero-order chi connectivity index (χ0) is 15.2. The fourth-order valence-corrected chi connectivity index (χ4v) is 3.29. The minimum Gasteiger partial charge on any atom is -0.481 e. The van der Waals surface area contributed by atoms with E-state index in [1.807, 2.05) is 0 Å². The minimum absolute atomic E-state index is 0.110. The highest BCUT2D eigenvalue weighted by Gasteiger charge is 2.25. The number of aliphatic carboxylic acids is 1. The highest BCUT2D eigenvalue weighted by atomic mass is 79.9. The summed E-state index contributed by atoms with van der Waals surface area (Å²) < 4.78 is 1.11. The molecule has 2 N–H and O–H groups in total. The molecule has 0 aliphatic heterocycles. The van der Waals surface area contributed by atoms with Crippen LogP contribution in [0.4, 0.5) is 0 Å². The molecule has 1 fully saturated rings. The molecule has 0 amide bonds. The molecular formula is C17H24BrNO2. The number of rotatable bonds is 6. The predicted octanol–water partition coefficient (Wildman–Crippen LogP) is 3.86. The van der Waals surface area contributed by atoms with Crippen LogP contribution in [0, 0.1) is 11.8 Å². The Bertz CT molecular complexity index is 452. The van der Waals surface area contributed by atoms with Crippen molar-refractivity contribution in [2.45, 2.75) is 45.1 Å². The average Bonchev–Trinajstić information content (AvgIpc) is 2.48. The highest BCUT2D eigenvalue weighted by Crippen LogP contribution is 2.28. The van der Waals surface area contributed by atoms with Gasteiger partial charge in [0.1, 0.15) is 0 Å². The van der Waals surface area contributed by atoms with Crippen LogP contribution in [0.25, 0.3) is 0 Å². The molecule has 116 valence electrons. The Morgan fingerprint density at radius 1 is 1.29 bits per heavy atom. The van der Waals surface area contributed by atoms with E-state index in [4.69, 9.17) is 5.11 Å². The molecule has 0 spiro atoms. The first-order chi connectivity index (χ1) is 10.0. The van der Waals surface area contributed by atoms with Crippen LogP contribution in [-0.4, -0.2) is 23.7 Å². The molecule has 1 aromatic carbocycles. The summed E-state index contributed by atoms with van der Waals surface area (Å²) in [6.45, 7) is 3.22. The summed E-state index contributed by atoms with van der Waals surface area (Å²) in [7, 11) is 0. The normalized spacial score (nSPS) is 23.7. The van der Waals surface area contributed by atoms with Crippen molar-refractivity contribution in [3.8, 4) is 0 Å². The highest BCUT2D eigenvalue weighted by molar-refractivity contribution is 9.10.